The molecule has 0 saturated carbocycles. The van der Waals surface area contributed by atoms with Crippen molar-refractivity contribution in [1.82, 2.24) is 29.5 Å². The maximum absolute atomic E-state index is 12.3. The minimum absolute atomic E-state index is 0.141. The second-order valence-electron chi connectivity index (χ2n) is 6.11. The molecule has 0 unspecified atom stereocenters. The standard InChI is InChI=1S/C20H18N6O2S/c1-3-28-16-11-21-19(22-12-16)14-5-4-6-17(9-14)29-20-18(27)7-8-26(24-20)15-10-23-25(2)13-15/h4-13H,3H2,1-2H3. The first-order valence-electron chi connectivity index (χ1n) is 8.94. The predicted molar refractivity (Wildman–Crippen MR) is 109 cm³/mol. The summed E-state index contributed by atoms with van der Waals surface area (Å²) < 4.78 is 8.70. The molecule has 9 heteroatoms. The third-order valence-corrected chi connectivity index (χ3v) is 4.94. The van der Waals surface area contributed by atoms with E-state index in [1.165, 1.54) is 17.8 Å². The summed E-state index contributed by atoms with van der Waals surface area (Å²) >= 11 is 1.30. The Bertz CT molecular complexity index is 1190. The van der Waals surface area contributed by atoms with Crippen molar-refractivity contribution in [2.24, 2.45) is 7.05 Å². The summed E-state index contributed by atoms with van der Waals surface area (Å²) in [6.45, 7) is 2.48. The smallest absolute Gasteiger partial charge is 0.214 e. The Morgan fingerprint density at radius 2 is 1.97 bits per heavy atom. The van der Waals surface area contributed by atoms with Crippen LogP contribution in [0.5, 0.6) is 5.75 Å². The van der Waals surface area contributed by atoms with Gasteiger partial charge >= 0.3 is 0 Å². The lowest BCUT2D eigenvalue weighted by molar-refractivity contribution is 0.337. The average molecular weight is 406 g/mol. The van der Waals surface area contributed by atoms with Gasteiger partial charge in [-0.25, -0.2) is 14.6 Å². The van der Waals surface area contributed by atoms with Gasteiger partial charge in [0.25, 0.3) is 0 Å². The summed E-state index contributed by atoms with van der Waals surface area (Å²) in [6, 6.07) is 9.18. The molecule has 0 aliphatic heterocycles. The summed E-state index contributed by atoms with van der Waals surface area (Å²) in [5, 5.41) is 8.97. The van der Waals surface area contributed by atoms with Crippen LogP contribution in [0.4, 0.5) is 0 Å². The molecular weight excluding hydrogens is 388 g/mol. The molecule has 0 saturated heterocycles. The molecule has 0 amide bonds. The molecule has 0 fully saturated rings. The zero-order valence-corrected chi connectivity index (χ0v) is 16.7. The average Bonchev–Trinajstić information content (AvgIpc) is 3.17. The lowest BCUT2D eigenvalue weighted by Gasteiger charge is -2.07. The molecule has 3 heterocycles. The molecule has 29 heavy (non-hydrogen) atoms. The van der Waals surface area contributed by atoms with E-state index in [1.807, 2.05) is 44.4 Å². The highest BCUT2D eigenvalue weighted by molar-refractivity contribution is 7.99. The Kier molecular flexibility index (Phi) is 5.39. The summed E-state index contributed by atoms with van der Waals surface area (Å²) in [4.78, 5) is 21.9. The van der Waals surface area contributed by atoms with Crippen molar-refractivity contribution in [2.75, 3.05) is 6.61 Å². The van der Waals surface area contributed by atoms with Crippen LogP contribution in [0.2, 0.25) is 0 Å². The van der Waals surface area contributed by atoms with Crippen LogP contribution in [0.25, 0.3) is 17.1 Å². The first-order chi connectivity index (χ1) is 14.1. The van der Waals surface area contributed by atoms with Crippen LogP contribution in [0.15, 0.2) is 76.0 Å². The molecule has 1 aromatic carbocycles. The van der Waals surface area contributed by atoms with E-state index in [4.69, 9.17) is 4.74 Å². The van der Waals surface area contributed by atoms with E-state index in [0.29, 0.717) is 23.2 Å². The minimum Gasteiger partial charge on any atom is -0.491 e. The summed E-state index contributed by atoms with van der Waals surface area (Å²) in [7, 11) is 1.83. The third kappa shape index (κ3) is 4.35. The number of hydrogen-bond donors (Lipinski definition) is 0. The Balaban J connectivity index is 1.60. The van der Waals surface area contributed by atoms with Crippen molar-refractivity contribution in [1.29, 1.82) is 0 Å². The van der Waals surface area contributed by atoms with Crippen molar-refractivity contribution < 1.29 is 4.74 Å². The Labute approximate surface area is 171 Å². The van der Waals surface area contributed by atoms with Gasteiger partial charge in [-0.3, -0.25) is 9.48 Å². The fourth-order valence-electron chi connectivity index (χ4n) is 2.65. The number of nitrogens with zero attached hydrogens (tertiary/aromatic N) is 6. The summed E-state index contributed by atoms with van der Waals surface area (Å²) in [5.74, 6) is 1.22. The van der Waals surface area contributed by atoms with Crippen molar-refractivity contribution in [2.45, 2.75) is 16.8 Å². The zero-order valence-electron chi connectivity index (χ0n) is 15.9. The molecule has 0 aliphatic rings. The Morgan fingerprint density at radius 3 is 2.69 bits per heavy atom. The highest BCUT2D eigenvalue weighted by atomic mass is 32.2. The molecule has 0 aliphatic carbocycles. The SMILES string of the molecule is CCOc1cnc(-c2cccc(Sc3nn(-c4cnn(C)c4)ccc3=O)c2)nc1. The number of hydrogen-bond acceptors (Lipinski definition) is 7. The normalized spacial score (nSPS) is 10.8. The van der Waals surface area contributed by atoms with Crippen molar-refractivity contribution in [3.63, 3.8) is 0 Å². The van der Waals surface area contributed by atoms with Crippen LogP contribution < -0.4 is 10.2 Å². The first kappa shape index (κ1) is 18.9. The van der Waals surface area contributed by atoms with E-state index in [-0.39, 0.29) is 5.43 Å². The van der Waals surface area contributed by atoms with E-state index in [2.05, 4.69) is 20.2 Å². The lowest BCUT2D eigenvalue weighted by atomic mass is 10.2. The molecule has 0 bridgehead atoms. The highest BCUT2D eigenvalue weighted by Crippen LogP contribution is 2.27. The maximum atomic E-state index is 12.3. The van der Waals surface area contributed by atoms with E-state index in [1.54, 1.807) is 34.2 Å². The molecule has 4 rings (SSSR count). The topological polar surface area (TPSA) is 87.7 Å². The fraction of sp³-hybridized carbons (Fsp3) is 0.150. The van der Waals surface area contributed by atoms with Gasteiger partial charge in [-0.2, -0.15) is 10.2 Å². The second kappa shape index (κ2) is 8.27. The van der Waals surface area contributed by atoms with Crippen LogP contribution >= 0.6 is 11.8 Å². The third-order valence-electron chi connectivity index (χ3n) is 3.98. The summed E-state index contributed by atoms with van der Waals surface area (Å²) in [5.41, 5.74) is 1.49. The van der Waals surface area contributed by atoms with Gasteiger partial charge in [0.05, 0.1) is 31.4 Å². The van der Waals surface area contributed by atoms with Gasteiger partial charge in [-0.1, -0.05) is 23.9 Å². The zero-order chi connectivity index (χ0) is 20.2. The van der Waals surface area contributed by atoms with Gasteiger partial charge in [-0.15, -0.1) is 0 Å². The number of ether oxygens (including phenoxy) is 1. The number of aromatic nitrogens is 6. The van der Waals surface area contributed by atoms with Crippen LogP contribution in [-0.4, -0.2) is 36.1 Å². The number of aryl methyl sites for hydroxylation is 1. The van der Waals surface area contributed by atoms with Gasteiger partial charge < -0.3 is 4.74 Å². The first-order valence-corrected chi connectivity index (χ1v) is 9.76. The number of rotatable bonds is 6. The molecule has 0 spiro atoms. The largest absolute Gasteiger partial charge is 0.491 e. The molecule has 8 nitrogen and oxygen atoms in total. The van der Waals surface area contributed by atoms with Gasteiger partial charge in [0.2, 0.25) is 5.43 Å². The van der Waals surface area contributed by atoms with Crippen LogP contribution in [0.3, 0.4) is 0 Å². The monoisotopic (exact) mass is 406 g/mol. The maximum Gasteiger partial charge on any atom is 0.214 e. The fourth-order valence-corrected chi connectivity index (χ4v) is 3.50. The highest BCUT2D eigenvalue weighted by Gasteiger charge is 2.09. The van der Waals surface area contributed by atoms with Crippen LogP contribution in [0.1, 0.15) is 6.92 Å². The Hall–Kier alpha value is -3.46. The molecule has 3 aromatic heterocycles. The van der Waals surface area contributed by atoms with E-state index < -0.39 is 0 Å². The molecular formula is C20H18N6O2S. The minimum atomic E-state index is -0.141. The van der Waals surface area contributed by atoms with E-state index >= 15 is 0 Å². The molecule has 146 valence electrons. The van der Waals surface area contributed by atoms with Crippen molar-refractivity contribution in [3.05, 3.63) is 71.5 Å². The van der Waals surface area contributed by atoms with Gasteiger partial charge in [-0.05, 0) is 19.1 Å². The van der Waals surface area contributed by atoms with Crippen LogP contribution in [-0.2, 0) is 7.05 Å². The van der Waals surface area contributed by atoms with Crippen molar-refractivity contribution >= 4 is 11.8 Å². The van der Waals surface area contributed by atoms with Crippen molar-refractivity contribution in [3.8, 4) is 22.8 Å². The molecule has 0 N–H and O–H groups in total. The Morgan fingerprint density at radius 1 is 1.14 bits per heavy atom. The lowest BCUT2D eigenvalue weighted by Crippen LogP contribution is -2.11. The predicted octanol–water partition coefficient (Wildman–Crippen LogP) is 2.97. The second-order valence-corrected chi connectivity index (χ2v) is 7.17. The van der Waals surface area contributed by atoms with Gasteiger partial charge in [0.15, 0.2) is 16.6 Å². The van der Waals surface area contributed by atoms with Gasteiger partial charge in [0.1, 0.15) is 5.69 Å². The number of benzene rings is 1. The summed E-state index contributed by atoms with van der Waals surface area (Å²) in [6.07, 6.45) is 8.45. The molecule has 0 radical (unpaired) electrons. The molecule has 0 atom stereocenters. The molecule has 4 aromatic rings. The van der Waals surface area contributed by atoms with E-state index in [0.717, 1.165) is 16.1 Å². The van der Waals surface area contributed by atoms with Crippen LogP contribution in [0, 0.1) is 0 Å². The van der Waals surface area contributed by atoms with Gasteiger partial charge in [0, 0.05) is 29.8 Å². The van der Waals surface area contributed by atoms with E-state index in [9.17, 15) is 4.79 Å². The quantitative estimate of drug-likeness (QED) is 0.486.